The molecule has 2 N–H and O–H groups in total. The monoisotopic (exact) mass is 365 g/mol. The van der Waals surface area contributed by atoms with E-state index >= 15 is 0 Å². The molecular weight excluding hydrogens is 346 g/mol. The zero-order valence-corrected chi connectivity index (χ0v) is 15.4. The second-order valence-electron chi connectivity index (χ2n) is 6.25. The number of amides is 1. The molecule has 0 spiro atoms. The van der Waals surface area contributed by atoms with Crippen LogP contribution in [0.3, 0.4) is 0 Å². The van der Waals surface area contributed by atoms with Crippen LogP contribution in [-0.4, -0.2) is 27.4 Å². The largest absolute Gasteiger partial charge is 0.362 e. The third kappa shape index (κ3) is 3.06. The molecule has 1 aliphatic rings. The number of fused-ring (bicyclic) bond motifs is 1. The van der Waals surface area contributed by atoms with Crippen LogP contribution >= 0.6 is 11.3 Å². The molecule has 1 aliphatic heterocycles. The van der Waals surface area contributed by atoms with Crippen molar-refractivity contribution < 1.29 is 4.79 Å². The number of nitrogens with one attached hydrogen (secondary N) is 2. The summed E-state index contributed by atoms with van der Waals surface area (Å²) in [5.74, 6) is 1.11. The van der Waals surface area contributed by atoms with Crippen LogP contribution in [0.2, 0.25) is 0 Å². The maximum Gasteiger partial charge on any atom is 0.270 e. The first-order valence-corrected chi connectivity index (χ1v) is 9.42. The molecule has 1 unspecified atom stereocenters. The summed E-state index contributed by atoms with van der Waals surface area (Å²) < 4.78 is 0. The summed E-state index contributed by atoms with van der Waals surface area (Å²) >= 11 is 1.62. The van der Waals surface area contributed by atoms with Crippen LogP contribution in [0.15, 0.2) is 35.8 Å². The van der Waals surface area contributed by atoms with Crippen LogP contribution in [0.1, 0.15) is 39.6 Å². The predicted molar refractivity (Wildman–Crippen MR) is 102 cm³/mol. The molecule has 0 saturated carbocycles. The van der Waals surface area contributed by atoms with Gasteiger partial charge in [0.1, 0.15) is 11.5 Å². The van der Waals surface area contributed by atoms with E-state index in [9.17, 15) is 4.79 Å². The van der Waals surface area contributed by atoms with Gasteiger partial charge in [-0.3, -0.25) is 4.79 Å². The number of nitrogens with zero attached hydrogens (tertiary/aromatic N) is 3. The van der Waals surface area contributed by atoms with Crippen molar-refractivity contribution in [2.45, 2.75) is 26.3 Å². The van der Waals surface area contributed by atoms with Crippen molar-refractivity contribution in [3.05, 3.63) is 57.7 Å². The molecule has 1 amide bonds. The molecule has 132 valence electrons. The normalized spacial score (nSPS) is 14.5. The molecule has 1 aromatic carbocycles. The molecular formula is C19H19N5OS. The summed E-state index contributed by atoms with van der Waals surface area (Å²) in [6.45, 7) is 4.71. The number of anilines is 1. The third-order valence-corrected chi connectivity index (χ3v) is 5.23. The van der Waals surface area contributed by atoms with E-state index in [-0.39, 0.29) is 11.9 Å². The van der Waals surface area contributed by atoms with E-state index in [0.717, 1.165) is 16.8 Å². The zero-order chi connectivity index (χ0) is 18.1. The van der Waals surface area contributed by atoms with E-state index in [2.05, 4.69) is 34.4 Å². The highest BCUT2D eigenvalue weighted by molar-refractivity contribution is 7.09. The van der Waals surface area contributed by atoms with E-state index in [1.807, 2.05) is 35.8 Å². The second-order valence-corrected chi connectivity index (χ2v) is 7.31. The van der Waals surface area contributed by atoms with Gasteiger partial charge >= 0.3 is 0 Å². The Hall–Kier alpha value is -2.80. The van der Waals surface area contributed by atoms with Gasteiger partial charge in [0.25, 0.3) is 5.91 Å². The number of rotatable bonds is 4. The van der Waals surface area contributed by atoms with Gasteiger partial charge in [0.2, 0.25) is 0 Å². The number of aromatic nitrogens is 3. The summed E-state index contributed by atoms with van der Waals surface area (Å²) in [5.41, 5.74) is 5.06. The fourth-order valence-corrected chi connectivity index (χ4v) is 3.81. The maximum atomic E-state index is 12.3. The first-order valence-electron chi connectivity index (χ1n) is 8.54. The quantitative estimate of drug-likeness (QED) is 0.741. The fraction of sp³-hybridized carbons (Fsp3) is 0.263. The number of carbonyl (C=O) groups excluding carboxylic acids is 1. The molecule has 1 atom stereocenters. The molecule has 0 radical (unpaired) electrons. The van der Waals surface area contributed by atoms with E-state index in [1.165, 1.54) is 4.88 Å². The van der Waals surface area contributed by atoms with Gasteiger partial charge in [-0.2, -0.15) is 0 Å². The van der Waals surface area contributed by atoms with Crippen molar-refractivity contribution in [1.82, 2.24) is 20.3 Å². The lowest BCUT2D eigenvalue weighted by Crippen LogP contribution is -2.34. The number of benzene rings is 1. The smallest absolute Gasteiger partial charge is 0.270 e. The van der Waals surface area contributed by atoms with E-state index < -0.39 is 0 Å². The predicted octanol–water partition coefficient (Wildman–Crippen LogP) is 3.37. The average Bonchev–Trinajstić information content (AvgIpc) is 3.09. The lowest BCUT2D eigenvalue weighted by Gasteiger charge is -2.22. The standard InChI is InChI=1S/C19H19N5OS/c1-11(15-12(2)26-10-21-15)22-18-14-8-9-20-19(25)16(14)23-17(24-18)13-6-4-3-5-7-13/h3-7,10-11H,8-9H2,1-2H3,(H,20,25)(H,22,23,24). The molecule has 3 aromatic rings. The maximum absolute atomic E-state index is 12.3. The van der Waals surface area contributed by atoms with Gasteiger partial charge in [-0.05, 0) is 20.3 Å². The third-order valence-electron chi connectivity index (χ3n) is 4.46. The number of hydrogen-bond acceptors (Lipinski definition) is 6. The SMILES string of the molecule is Cc1scnc1C(C)Nc1nc(-c2ccccc2)nc2c1CCNC2=O. The Kier molecular flexibility index (Phi) is 4.38. The first kappa shape index (κ1) is 16.7. The van der Waals surface area contributed by atoms with Crippen LogP contribution in [-0.2, 0) is 6.42 Å². The lowest BCUT2D eigenvalue weighted by atomic mass is 10.0. The van der Waals surface area contributed by atoms with Crippen molar-refractivity contribution in [1.29, 1.82) is 0 Å². The van der Waals surface area contributed by atoms with Crippen molar-refractivity contribution in [3.8, 4) is 11.4 Å². The highest BCUT2D eigenvalue weighted by Crippen LogP contribution is 2.29. The van der Waals surface area contributed by atoms with Gasteiger partial charge < -0.3 is 10.6 Å². The van der Waals surface area contributed by atoms with Crippen LogP contribution in [0.25, 0.3) is 11.4 Å². The van der Waals surface area contributed by atoms with Gasteiger partial charge in [0.15, 0.2) is 5.82 Å². The van der Waals surface area contributed by atoms with Gasteiger partial charge in [-0.1, -0.05) is 30.3 Å². The second kappa shape index (κ2) is 6.84. The minimum Gasteiger partial charge on any atom is -0.362 e. The molecule has 6 nitrogen and oxygen atoms in total. The summed E-state index contributed by atoms with van der Waals surface area (Å²) in [6, 6.07) is 9.70. The van der Waals surface area contributed by atoms with Crippen molar-refractivity contribution in [3.63, 3.8) is 0 Å². The zero-order valence-electron chi connectivity index (χ0n) is 14.6. The molecule has 0 saturated heterocycles. The Labute approximate surface area is 155 Å². The Morgan fingerprint density at radius 1 is 1.23 bits per heavy atom. The molecule has 0 bridgehead atoms. The van der Waals surface area contributed by atoms with Crippen molar-refractivity contribution in [2.24, 2.45) is 0 Å². The van der Waals surface area contributed by atoms with Gasteiger partial charge in [0.05, 0.1) is 17.2 Å². The number of carbonyl (C=O) groups is 1. The average molecular weight is 365 g/mol. The van der Waals surface area contributed by atoms with E-state index in [4.69, 9.17) is 4.98 Å². The Morgan fingerprint density at radius 2 is 2.04 bits per heavy atom. The number of thiazole rings is 1. The molecule has 7 heteroatoms. The Bertz CT molecular complexity index is 954. The van der Waals surface area contributed by atoms with Gasteiger partial charge in [-0.25, -0.2) is 15.0 Å². The summed E-state index contributed by atoms with van der Waals surface area (Å²) in [6.07, 6.45) is 0.710. The van der Waals surface area contributed by atoms with Crippen molar-refractivity contribution >= 4 is 23.1 Å². The topological polar surface area (TPSA) is 79.8 Å². The minimum atomic E-state index is -0.147. The highest BCUT2D eigenvalue weighted by atomic mass is 32.1. The number of hydrogen-bond donors (Lipinski definition) is 2. The van der Waals surface area contributed by atoms with E-state index in [1.54, 1.807) is 11.3 Å². The molecule has 2 aromatic heterocycles. The summed E-state index contributed by atoms with van der Waals surface area (Å²) in [7, 11) is 0. The van der Waals surface area contributed by atoms with Gasteiger partial charge in [0, 0.05) is 22.5 Å². The molecule has 3 heterocycles. The minimum absolute atomic E-state index is 0.00568. The van der Waals surface area contributed by atoms with E-state index in [0.29, 0.717) is 30.3 Å². The number of aryl methyl sites for hydroxylation is 1. The molecule has 4 rings (SSSR count). The molecule has 0 fully saturated rings. The van der Waals surface area contributed by atoms with Crippen LogP contribution in [0, 0.1) is 6.92 Å². The highest BCUT2D eigenvalue weighted by Gasteiger charge is 2.25. The molecule has 26 heavy (non-hydrogen) atoms. The summed E-state index contributed by atoms with van der Waals surface area (Å²) in [4.78, 5) is 27.3. The first-order chi connectivity index (χ1) is 12.6. The Morgan fingerprint density at radius 3 is 2.77 bits per heavy atom. The summed E-state index contributed by atoms with van der Waals surface area (Å²) in [5, 5.41) is 6.32. The lowest BCUT2D eigenvalue weighted by molar-refractivity contribution is 0.0940. The van der Waals surface area contributed by atoms with Crippen LogP contribution in [0.4, 0.5) is 5.82 Å². The van der Waals surface area contributed by atoms with Crippen LogP contribution in [0.5, 0.6) is 0 Å². The van der Waals surface area contributed by atoms with Crippen LogP contribution < -0.4 is 10.6 Å². The Balaban J connectivity index is 1.78. The molecule has 0 aliphatic carbocycles. The van der Waals surface area contributed by atoms with Crippen molar-refractivity contribution in [2.75, 3.05) is 11.9 Å². The fourth-order valence-electron chi connectivity index (χ4n) is 3.13. The van der Waals surface area contributed by atoms with Gasteiger partial charge in [-0.15, -0.1) is 11.3 Å².